The fourth-order valence-corrected chi connectivity index (χ4v) is 7.64. The number of carbonyl (C=O) groups excluding carboxylic acids is 1. The second-order valence-electron chi connectivity index (χ2n) is 10.3. The average molecular weight is 378 g/mol. The largest absolute Gasteiger partial charge is 0.378 e. The molecule has 0 heterocycles. The van der Waals surface area contributed by atoms with Gasteiger partial charge >= 0.3 is 0 Å². The molecule has 0 aromatic rings. The van der Waals surface area contributed by atoms with Gasteiger partial charge in [-0.2, -0.15) is 0 Å². The van der Waals surface area contributed by atoms with Crippen LogP contribution >= 0.6 is 0 Å². The molecule has 0 radical (unpaired) electrons. The Balaban J connectivity index is 0.00000210. The van der Waals surface area contributed by atoms with Crippen LogP contribution in [-0.4, -0.2) is 32.1 Å². The van der Waals surface area contributed by atoms with Gasteiger partial charge in [-0.15, -0.1) is 0 Å². The van der Waals surface area contributed by atoms with Gasteiger partial charge in [0.1, 0.15) is 5.78 Å². The Hall–Kier alpha value is -0.410. The summed E-state index contributed by atoms with van der Waals surface area (Å²) in [4.78, 5) is 12.5. The van der Waals surface area contributed by atoms with E-state index in [-0.39, 0.29) is 12.8 Å². The van der Waals surface area contributed by atoms with Gasteiger partial charge in [0, 0.05) is 18.4 Å². The van der Waals surface area contributed by atoms with Crippen LogP contribution in [0.5, 0.6) is 0 Å². The molecule has 156 valence electrons. The van der Waals surface area contributed by atoms with Crippen molar-refractivity contribution in [2.75, 3.05) is 20.2 Å². The second-order valence-corrected chi connectivity index (χ2v) is 10.3. The summed E-state index contributed by atoms with van der Waals surface area (Å²) >= 11 is 0. The minimum absolute atomic E-state index is 0. The van der Waals surface area contributed by atoms with Gasteiger partial charge in [-0.05, 0) is 100 Å². The summed E-state index contributed by atoms with van der Waals surface area (Å²) in [7, 11) is 2.01. The van der Waals surface area contributed by atoms with E-state index >= 15 is 0 Å². The van der Waals surface area contributed by atoms with Gasteiger partial charge in [0.15, 0.2) is 0 Å². The molecule has 27 heavy (non-hydrogen) atoms. The van der Waals surface area contributed by atoms with E-state index in [9.17, 15) is 4.79 Å². The molecule has 0 spiro atoms. The fraction of sp³-hybridized carbons (Fsp3) is 0.958. The van der Waals surface area contributed by atoms with Gasteiger partial charge in [0.25, 0.3) is 0 Å². The smallest absolute Gasteiger partial charge is 0.139 e. The van der Waals surface area contributed by atoms with Crippen LogP contribution in [0.2, 0.25) is 0 Å². The van der Waals surface area contributed by atoms with Crippen LogP contribution in [-0.2, 0) is 9.53 Å². The molecule has 3 nitrogen and oxygen atoms in total. The number of hydrogen-bond acceptors (Lipinski definition) is 3. The third-order valence-electron chi connectivity index (χ3n) is 9.25. The molecule has 0 aromatic heterocycles. The Morgan fingerprint density at radius 1 is 1.07 bits per heavy atom. The highest BCUT2D eigenvalue weighted by molar-refractivity contribution is 5.87. The molecule has 7 atom stereocenters. The minimum atomic E-state index is 0. The highest BCUT2D eigenvalue weighted by Crippen LogP contribution is 2.65. The lowest BCUT2D eigenvalue weighted by molar-refractivity contribution is -0.145. The van der Waals surface area contributed by atoms with Gasteiger partial charge < -0.3 is 10.1 Å². The third kappa shape index (κ3) is 3.52. The highest BCUT2D eigenvalue weighted by atomic mass is 16.5. The lowest BCUT2D eigenvalue weighted by Crippen LogP contribution is -2.54. The molecule has 4 fully saturated rings. The fourth-order valence-electron chi connectivity index (χ4n) is 7.64. The van der Waals surface area contributed by atoms with E-state index in [4.69, 9.17) is 4.74 Å². The Morgan fingerprint density at radius 2 is 1.89 bits per heavy atom. The number of ether oxygens (including phenoxy) is 1. The van der Waals surface area contributed by atoms with Crippen LogP contribution in [0.4, 0.5) is 0 Å². The highest BCUT2D eigenvalue weighted by Gasteiger charge is 2.60. The van der Waals surface area contributed by atoms with Crippen molar-refractivity contribution in [2.45, 2.75) is 91.6 Å². The zero-order valence-electron chi connectivity index (χ0n) is 17.2. The van der Waals surface area contributed by atoms with Crippen molar-refractivity contribution in [2.24, 2.45) is 34.5 Å². The first-order chi connectivity index (χ1) is 12.5. The number of rotatable bonds is 5. The maximum Gasteiger partial charge on any atom is 0.139 e. The standard InChI is InChI=1S/C23H39NO2.CH4/c1-22-11-9-17(26-14-4-13-24-3)15-16(22)5-6-18-19-7-8-21(25)23(19,2)12-10-20(18)22;/h16-20,24H,4-15H2,1-3H3;1H4/t16?,17-,18?,19?,20?,22-,23-;/m0./s1. The molecule has 4 aliphatic carbocycles. The molecule has 4 aliphatic rings. The first-order valence-corrected chi connectivity index (χ1v) is 11.3. The van der Waals surface area contributed by atoms with Crippen molar-refractivity contribution in [1.29, 1.82) is 0 Å². The predicted molar refractivity (Wildman–Crippen MR) is 112 cm³/mol. The van der Waals surface area contributed by atoms with Crippen LogP contribution in [0.25, 0.3) is 0 Å². The Labute approximate surface area is 167 Å². The zero-order chi connectivity index (χ0) is 18.4. The van der Waals surface area contributed by atoms with E-state index < -0.39 is 0 Å². The second kappa shape index (κ2) is 8.14. The monoisotopic (exact) mass is 377 g/mol. The summed E-state index contributed by atoms with van der Waals surface area (Å²) in [6, 6.07) is 0. The predicted octanol–water partition coefficient (Wildman–Crippen LogP) is 5.23. The van der Waals surface area contributed by atoms with Crippen molar-refractivity contribution in [1.82, 2.24) is 5.32 Å². The van der Waals surface area contributed by atoms with Crippen molar-refractivity contribution in [3.63, 3.8) is 0 Å². The van der Waals surface area contributed by atoms with Crippen LogP contribution in [0.15, 0.2) is 0 Å². The quantitative estimate of drug-likeness (QED) is 0.667. The lowest BCUT2D eigenvalue weighted by atomic mass is 9.45. The Kier molecular flexibility index (Phi) is 6.43. The van der Waals surface area contributed by atoms with Crippen molar-refractivity contribution in [3.05, 3.63) is 0 Å². The molecule has 1 N–H and O–H groups in total. The van der Waals surface area contributed by atoms with Crippen LogP contribution in [0.3, 0.4) is 0 Å². The summed E-state index contributed by atoms with van der Waals surface area (Å²) in [5, 5.41) is 3.21. The first-order valence-electron chi connectivity index (χ1n) is 11.3. The van der Waals surface area contributed by atoms with E-state index in [0.29, 0.717) is 23.2 Å². The van der Waals surface area contributed by atoms with Crippen LogP contribution in [0, 0.1) is 34.5 Å². The average Bonchev–Trinajstić information content (AvgIpc) is 2.94. The summed E-state index contributed by atoms with van der Waals surface area (Å²) < 4.78 is 6.23. The Morgan fingerprint density at radius 3 is 2.67 bits per heavy atom. The van der Waals surface area contributed by atoms with E-state index in [1.807, 2.05) is 7.05 Å². The zero-order valence-corrected chi connectivity index (χ0v) is 17.2. The van der Waals surface area contributed by atoms with Crippen molar-refractivity contribution < 1.29 is 9.53 Å². The molecule has 4 rings (SSSR count). The van der Waals surface area contributed by atoms with E-state index in [0.717, 1.165) is 50.2 Å². The topological polar surface area (TPSA) is 38.3 Å². The van der Waals surface area contributed by atoms with Crippen LogP contribution < -0.4 is 5.32 Å². The molecular weight excluding hydrogens is 334 g/mol. The van der Waals surface area contributed by atoms with E-state index in [1.54, 1.807) is 0 Å². The molecule has 0 bridgehead atoms. The molecule has 4 saturated carbocycles. The molecule has 0 aliphatic heterocycles. The number of hydrogen-bond donors (Lipinski definition) is 1. The minimum Gasteiger partial charge on any atom is -0.378 e. The van der Waals surface area contributed by atoms with Gasteiger partial charge in [0.05, 0.1) is 6.10 Å². The van der Waals surface area contributed by atoms with Gasteiger partial charge in [-0.1, -0.05) is 21.3 Å². The van der Waals surface area contributed by atoms with Crippen LogP contribution in [0.1, 0.15) is 85.5 Å². The van der Waals surface area contributed by atoms with Gasteiger partial charge in [-0.25, -0.2) is 0 Å². The number of ketones is 1. The summed E-state index contributed by atoms with van der Waals surface area (Å²) in [6.45, 7) is 6.86. The molecule has 4 unspecified atom stereocenters. The number of carbonyl (C=O) groups is 1. The first kappa shape index (κ1) is 21.3. The molecular formula is C24H43NO2. The summed E-state index contributed by atoms with van der Waals surface area (Å²) in [5.74, 6) is 3.77. The van der Waals surface area contributed by atoms with Gasteiger partial charge in [-0.3, -0.25) is 4.79 Å². The number of nitrogens with one attached hydrogen (secondary N) is 1. The molecule has 0 saturated heterocycles. The lowest BCUT2D eigenvalue weighted by Gasteiger charge is -2.60. The molecule has 0 amide bonds. The Bertz CT molecular complexity index is 534. The third-order valence-corrected chi connectivity index (χ3v) is 9.25. The maximum atomic E-state index is 12.5. The SMILES string of the molecule is C.CNCCCO[C@H]1CC[C@@]2(C)C(CCC3C2CC[C@]2(C)C(=O)CCC32)C1. The van der Waals surface area contributed by atoms with E-state index in [1.165, 1.54) is 44.9 Å². The normalized spacial score (nSPS) is 46.2. The van der Waals surface area contributed by atoms with Crippen molar-refractivity contribution >= 4 is 5.78 Å². The van der Waals surface area contributed by atoms with Crippen molar-refractivity contribution in [3.8, 4) is 0 Å². The van der Waals surface area contributed by atoms with E-state index in [2.05, 4.69) is 19.2 Å². The molecule has 0 aromatic carbocycles. The molecule has 3 heteroatoms. The summed E-state index contributed by atoms with van der Waals surface area (Å²) in [6.07, 6.45) is 12.7. The number of Topliss-reactive ketones (excluding diaryl/α,β-unsaturated/α-hetero) is 1. The van der Waals surface area contributed by atoms with Gasteiger partial charge in [0.2, 0.25) is 0 Å². The number of fused-ring (bicyclic) bond motifs is 5. The summed E-state index contributed by atoms with van der Waals surface area (Å²) in [5.41, 5.74) is 0.526. The maximum absolute atomic E-state index is 12.5.